The maximum Gasteiger partial charge on any atom is 0.325 e. The summed E-state index contributed by atoms with van der Waals surface area (Å²) >= 11 is 1.28. The largest absolute Gasteiger partial charge is 0.465 e. The van der Waals surface area contributed by atoms with Crippen molar-refractivity contribution in [1.82, 2.24) is 9.47 Å². The Morgan fingerprint density at radius 1 is 1.16 bits per heavy atom. The first-order valence-corrected chi connectivity index (χ1v) is 11.1. The van der Waals surface area contributed by atoms with Gasteiger partial charge in [-0.05, 0) is 62.0 Å². The highest BCUT2D eigenvalue weighted by molar-refractivity contribution is 8.18. The van der Waals surface area contributed by atoms with E-state index in [1.54, 1.807) is 24.0 Å². The number of para-hydroxylation sites is 1. The number of benzene rings is 2. The second-order valence-corrected chi connectivity index (χ2v) is 8.07. The Hall–Kier alpha value is -3.39. The molecule has 0 bridgehead atoms. The van der Waals surface area contributed by atoms with Gasteiger partial charge >= 0.3 is 5.97 Å². The van der Waals surface area contributed by atoms with Crippen LogP contribution in [0.25, 0.3) is 17.0 Å². The van der Waals surface area contributed by atoms with Gasteiger partial charge in [0.05, 0.1) is 17.2 Å². The summed E-state index contributed by atoms with van der Waals surface area (Å²) in [6.07, 6.45) is 3.68. The molecule has 4 rings (SSSR count). The molecule has 164 valence electrons. The molecule has 2 aromatic carbocycles. The predicted molar refractivity (Wildman–Crippen MR) is 125 cm³/mol. The Kier molecular flexibility index (Phi) is 6.41. The first kappa shape index (κ1) is 21.8. The van der Waals surface area contributed by atoms with Crippen LogP contribution in [0.15, 0.2) is 64.6 Å². The van der Waals surface area contributed by atoms with Crippen molar-refractivity contribution >= 4 is 51.5 Å². The molecule has 2 heterocycles. The van der Waals surface area contributed by atoms with E-state index >= 15 is 0 Å². The molecule has 1 saturated heterocycles. The lowest BCUT2D eigenvalue weighted by atomic mass is 10.1. The highest BCUT2D eigenvalue weighted by Gasteiger charge is 2.32. The first-order chi connectivity index (χ1) is 15.5. The number of carbonyl (C=O) groups is 2. The number of ether oxygens (including phenoxy) is 1. The number of aliphatic imine (C=N–C) groups is 1. The van der Waals surface area contributed by atoms with E-state index < -0.39 is 0 Å². The Labute approximate surface area is 189 Å². The van der Waals surface area contributed by atoms with Crippen molar-refractivity contribution in [3.05, 3.63) is 71.0 Å². The highest BCUT2D eigenvalue weighted by Crippen LogP contribution is 2.35. The number of rotatable bonds is 6. The van der Waals surface area contributed by atoms with Crippen LogP contribution in [0.5, 0.6) is 0 Å². The summed E-state index contributed by atoms with van der Waals surface area (Å²) in [7, 11) is 0. The molecule has 8 heteroatoms. The molecule has 0 spiro atoms. The van der Waals surface area contributed by atoms with Crippen LogP contribution < -0.4 is 0 Å². The monoisotopic (exact) mass is 451 g/mol. The molecule has 1 aliphatic heterocycles. The summed E-state index contributed by atoms with van der Waals surface area (Å²) in [4.78, 5) is 31.7. The van der Waals surface area contributed by atoms with Crippen LogP contribution in [0.4, 0.5) is 10.1 Å². The van der Waals surface area contributed by atoms with Gasteiger partial charge in [-0.3, -0.25) is 14.5 Å². The number of carbonyl (C=O) groups excluding carboxylic acids is 2. The molecule has 0 N–H and O–H groups in total. The Morgan fingerprint density at radius 3 is 2.62 bits per heavy atom. The van der Waals surface area contributed by atoms with E-state index in [0.717, 1.165) is 16.5 Å². The molecule has 0 aliphatic carbocycles. The number of hydrogen-bond donors (Lipinski definition) is 0. The van der Waals surface area contributed by atoms with Gasteiger partial charge in [0.2, 0.25) is 0 Å². The van der Waals surface area contributed by atoms with Crippen LogP contribution in [-0.2, 0) is 20.9 Å². The fraction of sp³-hybridized carbons (Fsp3) is 0.208. The van der Waals surface area contributed by atoms with E-state index in [-0.39, 0.29) is 24.2 Å². The number of nitrogens with zero attached hydrogens (tertiary/aromatic N) is 3. The molecular weight excluding hydrogens is 429 g/mol. The van der Waals surface area contributed by atoms with Gasteiger partial charge in [0.1, 0.15) is 12.4 Å². The number of esters is 1. The molecule has 1 amide bonds. The molecule has 6 nitrogen and oxygen atoms in total. The summed E-state index contributed by atoms with van der Waals surface area (Å²) in [6.45, 7) is 4.54. The van der Waals surface area contributed by atoms with Crippen LogP contribution in [-0.4, -0.2) is 39.7 Å². The Morgan fingerprint density at radius 2 is 1.91 bits per heavy atom. The van der Waals surface area contributed by atoms with Crippen LogP contribution >= 0.6 is 11.8 Å². The van der Waals surface area contributed by atoms with Gasteiger partial charge < -0.3 is 9.30 Å². The van der Waals surface area contributed by atoms with Crippen LogP contribution in [0.3, 0.4) is 0 Å². The lowest BCUT2D eigenvalue weighted by Gasteiger charge is -2.11. The summed E-state index contributed by atoms with van der Waals surface area (Å²) in [5.41, 5.74) is 2.29. The first-order valence-electron chi connectivity index (χ1n) is 10.3. The van der Waals surface area contributed by atoms with Crippen molar-refractivity contribution in [1.29, 1.82) is 0 Å². The van der Waals surface area contributed by atoms with Crippen LogP contribution in [0.2, 0.25) is 0 Å². The number of halogens is 1. The van der Waals surface area contributed by atoms with Crippen LogP contribution in [0, 0.1) is 5.82 Å². The molecule has 0 atom stereocenters. The second kappa shape index (κ2) is 9.40. The minimum absolute atomic E-state index is 0.0942. The SMILES string of the molecule is CCOC(=O)Cn1cc(/C=C2/SC(=Nc3ccc(F)cc3)N(CC)C2=O)c2ccccc21. The highest BCUT2D eigenvalue weighted by atomic mass is 32.2. The van der Waals surface area contributed by atoms with Crippen molar-refractivity contribution in [2.75, 3.05) is 13.2 Å². The molecular formula is C24H22FN3O3S. The van der Waals surface area contributed by atoms with Gasteiger partial charge in [-0.15, -0.1) is 0 Å². The van der Waals surface area contributed by atoms with Crippen molar-refractivity contribution in [3.63, 3.8) is 0 Å². The number of amidine groups is 1. The number of aromatic nitrogens is 1. The summed E-state index contributed by atoms with van der Waals surface area (Å²) < 4.78 is 20.1. The molecule has 3 aromatic rings. The zero-order chi connectivity index (χ0) is 22.7. The number of fused-ring (bicyclic) bond motifs is 1. The molecule has 1 aliphatic rings. The number of amides is 1. The van der Waals surface area contributed by atoms with E-state index in [1.165, 1.54) is 23.9 Å². The topological polar surface area (TPSA) is 63.9 Å². The van der Waals surface area contributed by atoms with Gasteiger partial charge in [-0.1, -0.05) is 18.2 Å². The second-order valence-electron chi connectivity index (χ2n) is 7.07. The number of likely N-dealkylation sites (N-methyl/N-ethyl adjacent to an activating group) is 1. The fourth-order valence-electron chi connectivity index (χ4n) is 3.50. The van der Waals surface area contributed by atoms with Gasteiger partial charge in [-0.25, -0.2) is 9.38 Å². The average molecular weight is 452 g/mol. The number of thioether (sulfide) groups is 1. The lowest BCUT2D eigenvalue weighted by molar-refractivity contribution is -0.143. The zero-order valence-corrected chi connectivity index (χ0v) is 18.6. The molecule has 0 saturated carbocycles. The fourth-order valence-corrected chi connectivity index (χ4v) is 4.56. The van der Waals surface area contributed by atoms with E-state index in [2.05, 4.69) is 4.99 Å². The van der Waals surface area contributed by atoms with E-state index in [0.29, 0.717) is 28.9 Å². The quantitative estimate of drug-likeness (QED) is 0.392. The third-order valence-electron chi connectivity index (χ3n) is 4.97. The van der Waals surface area contributed by atoms with Gasteiger partial charge in [0, 0.05) is 29.2 Å². The zero-order valence-electron chi connectivity index (χ0n) is 17.7. The smallest absolute Gasteiger partial charge is 0.325 e. The van der Waals surface area contributed by atoms with Gasteiger partial charge in [-0.2, -0.15) is 0 Å². The minimum atomic E-state index is -0.337. The molecule has 0 radical (unpaired) electrons. The molecule has 1 aromatic heterocycles. The van der Waals surface area contributed by atoms with E-state index in [1.807, 2.05) is 48.0 Å². The maximum atomic E-state index is 13.2. The molecule has 1 fully saturated rings. The van der Waals surface area contributed by atoms with Crippen molar-refractivity contribution in [3.8, 4) is 0 Å². The van der Waals surface area contributed by atoms with Gasteiger partial charge in [0.15, 0.2) is 5.17 Å². The van der Waals surface area contributed by atoms with Crippen molar-refractivity contribution < 1.29 is 18.7 Å². The Bertz CT molecular complexity index is 1230. The normalized spacial score (nSPS) is 16.5. The van der Waals surface area contributed by atoms with Gasteiger partial charge in [0.25, 0.3) is 5.91 Å². The maximum absolute atomic E-state index is 13.2. The summed E-state index contributed by atoms with van der Waals surface area (Å²) in [6, 6.07) is 13.5. The predicted octanol–water partition coefficient (Wildman–Crippen LogP) is 4.97. The standard InChI is InChI=1S/C24H22FN3O3S/c1-3-28-23(30)21(32-24(28)26-18-11-9-17(25)10-12-18)13-16-14-27(15-22(29)31-4-2)20-8-6-5-7-19(16)20/h5-14H,3-4,15H2,1-2H3/b21-13+,26-24?. The summed E-state index contributed by atoms with van der Waals surface area (Å²) in [5.74, 6) is -0.790. The third-order valence-corrected chi connectivity index (χ3v) is 5.97. The Balaban J connectivity index is 1.69. The van der Waals surface area contributed by atoms with E-state index in [9.17, 15) is 14.0 Å². The minimum Gasteiger partial charge on any atom is -0.465 e. The molecule has 32 heavy (non-hydrogen) atoms. The average Bonchev–Trinajstić information content (AvgIpc) is 3.27. The lowest BCUT2D eigenvalue weighted by Crippen LogP contribution is -2.28. The summed E-state index contributed by atoms with van der Waals surface area (Å²) in [5, 5.41) is 1.48. The molecule has 0 unspecified atom stereocenters. The third kappa shape index (κ3) is 4.45. The van der Waals surface area contributed by atoms with Crippen molar-refractivity contribution in [2.45, 2.75) is 20.4 Å². The van der Waals surface area contributed by atoms with E-state index in [4.69, 9.17) is 4.74 Å². The van der Waals surface area contributed by atoms with Crippen molar-refractivity contribution in [2.24, 2.45) is 4.99 Å². The van der Waals surface area contributed by atoms with Crippen LogP contribution in [0.1, 0.15) is 19.4 Å². The number of hydrogen-bond acceptors (Lipinski definition) is 5.